The van der Waals surface area contributed by atoms with Crippen molar-refractivity contribution in [2.45, 2.75) is 38.2 Å². The van der Waals surface area contributed by atoms with Gasteiger partial charge in [0.25, 0.3) is 0 Å². The summed E-state index contributed by atoms with van der Waals surface area (Å²) in [5.74, 6) is 4.31. The minimum atomic E-state index is 0.417. The van der Waals surface area contributed by atoms with Crippen molar-refractivity contribution >= 4 is 11.8 Å². The monoisotopic (exact) mass is 291 g/mol. The maximum Gasteiger partial charge on any atom is 0.120 e. The van der Waals surface area contributed by atoms with Gasteiger partial charge in [-0.1, -0.05) is 12.1 Å². The van der Waals surface area contributed by atoms with Crippen LogP contribution in [0.1, 0.15) is 31.2 Å². The largest absolute Gasteiger partial charge is 0.490 e. The number of ether oxygens (including phenoxy) is 1. The predicted octanol–water partition coefficient (Wildman–Crippen LogP) is 3.50. The quantitative estimate of drug-likeness (QED) is 0.917. The second-order valence-corrected chi connectivity index (χ2v) is 7.17. The summed E-state index contributed by atoms with van der Waals surface area (Å²) in [5, 5.41) is 3.50. The van der Waals surface area contributed by atoms with Crippen molar-refractivity contribution in [1.29, 1.82) is 0 Å². The molecule has 2 unspecified atom stereocenters. The van der Waals surface area contributed by atoms with Crippen LogP contribution >= 0.6 is 11.8 Å². The Kier molecular flexibility index (Phi) is 5.26. The van der Waals surface area contributed by atoms with Crippen LogP contribution in [-0.4, -0.2) is 30.7 Å². The van der Waals surface area contributed by atoms with Crippen molar-refractivity contribution in [3.8, 4) is 5.75 Å². The number of hydrogen-bond acceptors (Lipinski definition) is 3. The van der Waals surface area contributed by atoms with Gasteiger partial charge in [0.15, 0.2) is 0 Å². The van der Waals surface area contributed by atoms with E-state index in [4.69, 9.17) is 4.74 Å². The molecular formula is C17H25NOS. The zero-order chi connectivity index (χ0) is 13.6. The zero-order valence-corrected chi connectivity index (χ0v) is 13.0. The molecule has 0 amide bonds. The lowest BCUT2D eigenvalue weighted by Crippen LogP contribution is -2.30. The first kappa shape index (κ1) is 14.3. The average Bonchev–Trinajstić information content (AvgIpc) is 2.50. The van der Waals surface area contributed by atoms with Gasteiger partial charge in [-0.3, -0.25) is 0 Å². The van der Waals surface area contributed by atoms with Gasteiger partial charge < -0.3 is 10.1 Å². The van der Waals surface area contributed by atoms with E-state index in [2.05, 4.69) is 29.6 Å². The molecule has 3 rings (SSSR count). The van der Waals surface area contributed by atoms with Crippen LogP contribution in [0.5, 0.6) is 5.75 Å². The fraction of sp³-hybridized carbons (Fsp3) is 0.647. The first-order chi connectivity index (χ1) is 9.90. The molecule has 0 saturated carbocycles. The SMILES string of the molecule is c1cc(CC2CCCNC2)cc(OC2CCCSC2)c1. The van der Waals surface area contributed by atoms with Gasteiger partial charge >= 0.3 is 0 Å². The van der Waals surface area contributed by atoms with E-state index >= 15 is 0 Å². The highest BCUT2D eigenvalue weighted by atomic mass is 32.2. The molecule has 0 spiro atoms. The van der Waals surface area contributed by atoms with Crippen molar-refractivity contribution in [3.63, 3.8) is 0 Å². The summed E-state index contributed by atoms with van der Waals surface area (Å²) in [7, 11) is 0. The molecule has 2 nitrogen and oxygen atoms in total. The Labute approximate surface area is 126 Å². The predicted molar refractivity (Wildman–Crippen MR) is 86.7 cm³/mol. The molecule has 2 atom stereocenters. The minimum Gasteiger partial charge on any atom is -0.490 e. The zero-order valence-electron chi connectivity index (χ0n) is 12.1. The highest BCUT2D eigenvalue weighted by molar-refractivity contribution is 7.99. The summed E-state index contributed by atoms with van der Waals surface area (Å²) in [4.78, 5) is 0. The van der Waals surface area contributed by atoms with E-state index < -0.39 is 0 Å². The summed E-state index contributed by atoms with van der Waals surface area (Å²) < 4.78 is 6.15. The van der Waals surface area contributed by atoms with Crippen molar-refractivity contribution in [2.24, 2.45) is 5.92 Å². The van der Waals surface area contributed by atoms with Crippen LogP contribution in [0.2, 0.25) is 0 Å². The third-order valence-corrected chi connectivity index (χ3v) is 5.43. The molecule has 0 aromatic heterocycles. The van der Waals surface area contributed by atoms with E-state index in [0.29, 0.717) is 6.10 Å². The minimum absolute atomic E-state index is 0.417. The molecule has 20 heavy (non-hydrogen) atoms. The number of rotatable bonds is 4. The number of thioether (sulfide) groups is 1. The topological polar surface area (TPSA) is 21.3 Å². The first-order valence-electron chi connectivity index (χ1n) is 7.94. The second kappa shape index (κ2) is 7.37. The third kappa shape index (κ3) is 4.16. The lowest BCUT2D eigenvalue weighted by molar-refractivity contribution is 0.211. The number of hydrogen-bond donors (Lipinski definition) is 1. The Morgan fingerprint density at radius 3 is 3.05 bits per heavy atom. The van der Waals surface area contributed by atoms with E-state index in [-0.39, 0.29) is 0 Å². The van der Waals surface area contributed by atoms with Gasteiger partial charge in [0.2, 0.25) is 0 Å². The fourth-order valence-corrected chi connectivity index (χ4v) is 4.21. The molecule has 2 saturated heterocycles. The normalized spacial score (nSPS) is 27.2. The molecular weight excluding hydrogens is 266 g/mol. The van der Waals surface area contributed by atoms with Crippen molar-refractivity contribution < 1.29 is 4.74 Å². The maximum atomic E-state index is 6.15. The van der Waals surface area contributed by atoms with Gasteiger partial charge in [0.1, 0.15) is 11.9 Å². The molecule has 3 heteroatoms. The molecule has 2 heterocycles. The van der Waals surface area contributed by atoms with Crippen molar-refractivity contribution in [2.75, 3.05) is 24.6 Å². The standard InChI is InChI=1S/C17H25NOS/c1-4-14(10-15-5-2-8-18-12-15)11-16(6-1)19-17-7-3-9-20-13-17/h1,4,6,11,15,17-18H,2-3,5,7-10,12-13H2. The third-order valence-electron chi connectivity index (χ3n) is 4.24. The van der Waals surface area contributed by atoms with Crippen LogP contribution in [0.4, 0.5) is 0 Å². The van der Waals surface area contributed by atoms with Crippen molar-refractivity contribution in [1.82, 2.24) is 5.32 Å². The maximum absolute atomic E-state index is 6.15. The second-order valence-electron chi connectivity index (χ2n) is 6.02. The highest BCUT2D eigenvalue weighted by Crippen LogP contribution is 2.24. The van der Waals surface area contributed by atoms with Crippen LogP contribution in [0.3, 0.4) is 0 Å². The molecule has 0 radical (unpaired) electrons. The highest BCUT2D eigenvalue weighted by Gasteiger charge is 2.16. The average molecular weight is 291 g/mol. The van der Waals surface area contributed by atoms with E-state index in [0.717, 1.165) is 17.4 Å². The molecule has 2 aliphatic heterocycles. The van der Waals surface area contributed by atoms with E-state index in [1.807, 2.05) is 11.8 Å². The first-order valence-corrected chi connectivity index (χ1v) is 9.10. The van der Waals surface area contributed by atoms with Crippen LogP contribution in [-0.2, 0) is 6.42 Å². The number of nitrogens with one attached hydrogen (secondary N) is 1. The van der Waals surface area contributed by atoms with Crippen LogP contribution in [0.25, 0.3) is 0 Å². The lowest BCUT2D eigenvalue weighted by Gasteiger charge is -2.24. The van der Waals surface area contributed by atoms with E-state index in [9.17, 15) is 0 Å². The number of piperidine rings is 1. The molecule has 0 aliphatic carbocycles. The number of benzene rings is 1. The molecule has 1 aromatic rings. The molecule has 1 aromatic carbocycles. The van der Waals surface area contributed by atoms with Gasteiger partial charge in [-0.05, 0) is 74.6 Å². The Morgan fingerprint density at radius 1 is 1.25 bits per heavy atom. The van der Waals surface area contributed by atoms with Crippen molar-refractivity contribution in [3.05, 3.63) is 29.8 Å². The van der Waals surface area contributed by atoms with E-state index in [1.165, 1.54) is 56.5 Å². The van der Waals surface area contributed by atoms with Crippen LogP contribution < -0.4 is 10.1 Å². The summed E-state index contributed by atoms with van der Waals surface area (Å²) >= 11 is 2.02. The Bertz CT molecular complexity index is 376. The summed E-state index contributed by atoms with van der Waals surface area (Å²) in [6.07, 6.45) is 6.79. The molecule has 1 N–H and O–H groups in total. The molecule has 110 valence electrons. The fourth-order valence-electron chi connectivity index (χ4n) is 3.17. The summed E-state index contributed by atoms with van der Waals surface area (Å²) in [6, 6.07) is 8.77. The van der Waals surface area contributed by atoms with Gasteiger partial charge in [-0.15, -0.1) is 0 Å². The Hall–Kier alpha value is -0.670. The van der Waals surface area contributed by atoms with Crippen LogP contribution in [0.15, 0.2) is 24.3 Å². The van der Waals surface area contributed by atoms with Gasteiger partial charge in [-0.25, -0.2) is 0 Å². The van der Waals surface area contributed by atoms with Crippen LogP contribution in [0, 0.1) is 5.92 Å². The van der Waals surface area contributed by atoms with Gasteiger partial charge in [-0.2, -0.15) is 11.8 Å². The summed E-state index contributed by atoms with van der Waals surface area (Å²) in [6.45, 7) is 2.36. The van der Waals surface area contributed by atoms with E-state index in [1.54, 1.807) is 0 Å². The summed E-state index contributed by atoms with van der Waals surface area (Å²) in [5.41, 5.74) is 1.43. The molecule has 2 fully saturated rings. The lowest BCUT2D eigenvalue weighted by atomic mass is 9.92. The Balaban J connectivity index is 1.57. The van der Waals surface area contributed by atoms with Gasteiger partial charge in [0, 0.05) is 5.75 Å². The Morgan fingerprint density at radius 2 is 2.25 bits per heavy atom. The smallest absolute Gasteiger partial charge is 0.120 e. The molecule has 2 aliphatic rings. The molecule has 0 bridgehead atoms. The van der Waals surface area contributed by atoms with Gasteiger partial charge in [0.05, 0.1) is 0 Å².